The van der Waals surface area contributed by atoms with Gasteiger partial charge < -0.3 is 14.6 Å². The first kappa shape index (κ1) is 23.5. The summed E-state index contributed by atoms with van der Waals surface area (Å²) in [5, 5.41) is 23.2. The molecular formula is C27H23FN2O7. The van der Waals surface area contributed by atoms with Crippen LogP contribution in [0.25, 0.3) is 10.8 Å². The lowest BCUT2D eigenvalue weighted by Gasteiger charge is -2.33. The van der Waals surface area contributed by atoms with Gasteiger partial charge >= 0.3 is 0 Å². The number of anilines is 1. The normalized spacial score (nSPS) is 30.2. The van der Waals surface area contributed by atoms with E-state index in [0.717, 1.165) is 4.90 Å². The highest BCUT2D eigenvalue weighted by Gasteiger charge is 2.77. The van der Waals surface area contributed by atoms with Crippen molar-refractivity contribution in [2.24, 2.45) is 11.8 Å². The van der Waals surface area contributed by atoms with Gasteiger partial charge in [-0.1, -0.05) is 18.2 Å². The summed E-state index contributed by atoms with van der Waals surface area (Å²) in [6, 6.07) is 14.8. The lowest BCUT2D eigenvalue weighted by molar-refractivity contribution is -0.383. The fourth-order valence-electron chi connectivity index (χ4n) is 6.36. The number of nitro groups is 1. The monoisotopic (exact) mass is 506 g/mol. The van der Waals surface area contributed by atoms with Crippen LogP contribution in [-0.4, -0.2) is 45.8 Å². The Balaban J connectivity index is 1.36. The van der Waals surface area contributed by atoms with Crippen LogP contribution in [0.3, 0.4) is 0 Å². The number of benzene rings is 3. The van der Waals surface area contributed by atoms with Gasteiger partial charge in [0.25, 0.3) is 5.69 Å². The molecule has 0 spiro atoms. The molecule has 3 aliphatic heterocycles. The number of aliphatic hydroxyl groups excluding tert-OH is 1. The van der Waals surface area contributed by atoms with Crippen molar-refractivity contribution < 1.29 is 33.5 Å². The number of halogens is 1. The number of hydrogen-bond acceptors (Lipinski definition) is 7. The molecule has 0 aliphatic carbocycles. The smallest absolute Gasteiger partial charge is 0.277 e. The molecule has 3 fully saturated rings. The molecule has 190 valence electrons. The van der Waals surface area contributed by atoms with E-state index < -0.39 is 51.7 Å². The van der Waals surface area contributed by atoms with E-state index in [1.165, 1.54) is 36.4 Å². The molecule has 3 unspecified atom stereocenters. The fourth-order valence-corrected chi connectivity index (χ4v) is 6.36. The van der Waals surface area contributed by atoms with Gasteiger partial charge in [-0.25, -0.2) is 9.29 Å². The van der Waals surface area contributed by atoms with Gasteiger partial charge in [0.15, 0.2) is 0 Å². The molecule has 9 nitrogen and oxygen atoms in total. The number of hydrogen-bond donors (Lipinski definition) is 1. The molecule has 0 saturated carbocycles. The van der Waals surface area contributed by atoms with Crippen LogP contribution in [0.15, 0.2) is 60.7 Å². The second kappa shape index (κ2) is 8.06. The molecule has 10 heteroatoms. The zero-order valence-electron chi connectivity index (χ0n) is 19.8. The van der Waals surface area contributed by atoms with Crippen LogP contribution >= 0.6 is 0 Å². The van der Waals surface area contributed by atoms with Crippen molar-refractivity contribution in [2.45, 2.75) is 37.1 Å². The maximum Gasteiger partial charge on any atom is 0.277 e. The average molecular weight is 506 g/mol. The molecule has 5 atom stereocenters. The number of aliphatic hydroxyl groups is 1. The predicted octanol–water partition coefficient (Wildman–Crippen LogP) is 3.75. The summed E-state index contributed by atoms with van der Waals surface area (Å²) < 4.78 is 25.3. The first-order valence-corrected chi connectivity index (χ1v) is 12.0. The number of rotatable bonds is 6. The van der Waals surface area contributed by atoms with Crippen molar-refractivity contribution >= 4 is 34.0 Å². The molecule has 3 saturated heterocycles. The maximum atomic E-state index is 13.9. The van der Waals surface area contributed by atoms with E-state index in [2.05, 4.69) is 0 Å². The summed E-state index contributed by atoms with van der Waals surface area (Å²) in [6.45, 7) is 1.77. The Kier molecular flexibility index (Phi) is 5.12. The number of carbonyl (C=O) groups excluding carboxylic acids is 2. The first-order valence-electron chi connectivity index (χ1n) is 12.0. The van der Waals surface area contributed by atoms with Crippen LogP contribution in [0.5, 0.6) is 5.75 Å². The molecule has 3 heterocycles. The minimum absolute atomic E-state index is 0.125. The van der Waals surface area contributed by atoms with E-state index in [9.17, 15) is 29.2 Å². The standard InChI is InChI=1S/C27H23FN2O7/c1-26-21(31)14-27(37-26,12-13-36-16-8-6-15(28)7-9-16)23-22(26)24(32)29(25(23)33)19-10-11-20(30(34)35)18-5-3-2-4-17(18)19/h2-11,21-23,31H,12-14H2,1H3/t21-,22?,23+,26?,27?/m1/s1. The Morgan fingerprint density at radius 2 is 1.76 bits per heavy atom. The van der Waals surface area contributed by atoms with Gasteiger partial charge in [-0.05, 0) is 43.3 Å². The highest BCUT2D eigenvalue weighted by atomic mass is 19.1. The molecule has 3 aliphatic rings. The number of amides is 2. The molecule has 1 N–H and O–H groups in total. The Morgan fingerprint density at radius 1 is 1.08 bits per heavy atom. The van der Waals surface area contributed by atoms with Crippen LogP contribution in [0.4, 0.5) is 15.8 Å². The van der Waals surface area contributed by atoms with Crippen LogP contribution in [0.1, 0.15) is 19.8 Å². The third-order valence-electron chi connectivity index (χ3n) is 8.04. The topological polar surface area (TPSA) is 119 Å². The second-order valence-electron chi connectivity index (χ2n) is 10.00. The van der Waals surface area contributed by atoms with Crippen LogP contribution in [0, 0.1) is 27.8 Å². The van der Waals surface area contributed by atoms with Crippen molar-refractivity contribution in [3.8, 4) is 5.75 Å². The van der Waals surface area contributed by atoms with Gasteiger partial charge in [0.05, 0.1) is 46.1 Å². The number of ether oxygens (including phenoxy) is 2. The molecule has 3 aromatic rings. The highest BCUT2D eigenvalue weighted by Crippen LogP contribution is 2.62. The van der Waals surface area contributed by atoms with E-state index >= 15 is 0 Å². The second-order valence-corrected chi connectivity index (χ2v) is 10.00. The van der Waals surface area contributed by atoms with Gasteiger partial charge in [-0.3, -0.25) is 19.7 Å². The minimum Gasteiger partial charge on any atom is -0.493 e. The van der Waals surface area contributed by atoms with Crippen LogP contribution < -0.4 is 9.64 Å². The summed E-state index contributed by atoms with van der Waals surface area (Å²) in [5.41, 5.74) is -2.25. The average Bonchev–Trinajstić information content (AvgIpc) is 3.40. The molecule has 2 amide bonds. The Morgan fingerprint density at radius 3 is 2.46 bits per heavy atom. The summed E-state index contributed by atoms with van der Waals surface area (Å²) in [4.78, 5) is 39.8. The molecule has 3 aromatic carbocycles. The van der Waals surface area contributed by atoms with E-state index in [1.54, 1.807) is 31.2 Å². The molecule has 0 aromatic heterocycles. The first-order chi connectivity index (χ1) is 17.7. The summed E-state index contributed by atoms with van der Waals surface area (Å²) in [6.07, 6.45) is -0.581. The van der Waals surface area contributed by atoms with Gasteiger partial charge in [0, 0.05) is 24.3 Å². The number of nitrogens with zero attached hydrogens (tertiary/aromatic N) is 2. The SMILES string of the molecule is CC12OC(CCOc3ccc(F)cc3)(C[C@H]1O)[C@@H]1C(=O)N(c3ccc([N+](=O)[O-])c4ccccc34)C(=O)C12. The third kappa shape index (κ3) is 3.29. The van der Waals surface area contributed by atoms with E-state index in [4.69, 9.17) is 9.47 Å². The molecule has 2 bridgehead atoms. The Labute approximate surface area is 210 Å². The Bertz CT molecular complexity index is 1460. The van der Waals surface area contributed by atoms with E-state index in [1.807, 2.05) is 0 Å². The maximum absolute atomic E-state index is 13.9. The highest BCUT2D eigenvalue weighted by molar-refractivity contribution is 6.26. The van der Waals surface area contributed by atoms with E-state index in [0.29, 0.717) is 16.5 Å². The Hall–Kier alpha value is -3.89. The summed E-state index contributed by atoms with van der Waals surface area (Å²) in [7, 11) is 0. The van der Waals surface area contributed by atoms with Crippen LogP contribution in [-0.2, 0) is 14.3 Å². The molecular weight excluding hydrogens is 483 g/mol. The van der Waals surface area contributed by atoms with Gasteiger partial charge in [0.2, 0.25) is 11.8 Å². The lowest BCUT2D eigenvalue weighted by Crippen LogP contribution is -2.49. The molecule has 6 rings (SSSR count). The van der Waals surface area contributed by atoms with Crippen molar-refractivity contribution in [1.29, 1.82) is 0 Å². The zero-order valence-corrected chi connectivity index (χ0v) is 19.8. The number of non-ortho nitro benzene ring substituents is 1. The van der Waals surface area contributed by atoms with Crippen molar-refractivity contribution in [1.82, 2.24) is 0 Å². The van der Waals surface area contributed by atoms with Crippen molar-refractivity contribution in [2.75, 3.05) is 11.5 Å². The summed E-state index contributed by atoms with van der Waals surface area (Å²) >= 11 is 0. The summed E-state index contributed by atoms with van der Waals surface area (Å²) in [5.74, 6) is -2.68. The fraction of sp³-hybridized carbons (Fsp3) is 0.333. The van der Waals surface area contributed by atoms with Crippen molar-refractivity contribution in [3.63, 3.8) is 0 Å². The minimum atomic E-state index is -1.27. The quantitative estimate of drug-likeness (QED) is 0.307. The van der Waals surface area contributed by atoms with Gasteiger partial charge in [0.1, 0.15) is 17.2 Å². The number of imide groups is 1. The number of fused-ring (bicyclic) bond motifs is 6. The van der Waals surface area contributed by atoms with Crippen molar-refractivity contribution in [3.05, 3.63) is 76.6 Å². The van der Waals surface area contributed by atoms with Gasteiger partial charge in [-0.15, -0.1) is 0 Å². The molecule has 37 heavy (non-hydrogen) atoms. The van der Waals surface area contributed by atoms with Gasteiger partial charge in [-0.2, -0.15) is 0 Å². The number of carbonyl (C=O) groups is 2. The zero-order chi connectivity index (χ0) is 26.1. The van der Waals surface area contributed by atoms with E-state index in [-0.39, 0.29) is 30.8 Å². The number of nitro benzene ring substituents is 1. The molecule has 0 radical (unpaired) electrons. The largest absolute Gasteiger partial charge is 0.493 e. The van der Waals surface area contributed by atoms with Crippen LogP contribution in [0.2, 0.25) is 0 Å². The lowest BCUT2D eigenvalue weighted by atomic mass is 9.66. The third-order valence-corrected chi connectivity index (χ3v) is 8.04. The predicted molar refractivity (Wildman–Crippen MR) is 129 cm³/mol.